The summed E-state index contributed by atoms with van der Waals surface area (Å²) in [4.78, 5) is 0. The van der Waals surface area contributed by atoms with Crippen molar-refractivity contribution >= 4 is 11.8 Å². The van der Waals surface area contributed by atoms with Gasteiger partial charge >= 0.3 is 0 Å². The smallest absolute Gasteiger partial charge is 0.0412 e. The number of benzene rings is 1. The van der Waals surface area contributed by atoms with E-state index in [1.807, 2.05) is 11.8 Å². The number of hydrogen-bond acceptors (Lipinski definition) is 2. The largest absolute Gasteiger partial charge is 0.323 e. The average Bonchev–Trinajstić information content (AvgIpc) is 2.29. The van der Waals surface area contributed by atoms with Crippen LogP contribution in [0, 0.1) is 6.92 Å². The summed E-state index contributed by atoms with van der Waals surface area (Å²) in [6.45, 7) is 6.56. The zero-order valence-corrected chi connectivity index (χ0v) is 11.4. The van der Waals surface area contributed by atoms with Crippen molar-refractivity contribution in [3.05, 3.63) is 35.4 Å². The van der Waals surface area contributed by atoms with Crippen LogP contribution in [0.15, 0.2) is 24.3 Å². The van der Waals surface area contributed by atoms with Gasteiger partial charge in [-0.25, -0.2) is 0 Å². The Morgan fingerprint density at radius 3 is 2.44 bits per heavy atom. The van der Waals surface area contributed by atoms with E-state index in [1.54, 1.807) is 0 Å². The van der Waals surface area contributed by atoms with Crippen LogP contribution < -0.4 is 5.73 Å². The maximum Gasteiger partial charge on any atom is 0.0412 e. The van der Waals surface area contributed by atoms with E-state index in [0.29, 0.717) is 5.25 Å². The minimum Gasteiger partial charge on any atom is -0.323 e. The molecule has 0 aliphatic carbocycles. The molecule has 1 aromatic carbocycles. The summed E-state index contributed by atoms with van der Waals surface area (Å²) in [5.41, 5.74) is 8.80. The molecule has 0 aromatic heterocycles. The van der Waals surface area contributed by atoms with Gasteiger partial charge in [-0.05, 0) is 24.7 Å². The molecule has 0 heterocycles. The summed E-state index contributed by atoms with van der Waals surface area (Å²) in [6, 6.07) is 8.73. The average molecular weight is 237 g/mol. The van der Waals surface area contributed by atoms with Crippen molar-refractivity contribution in [2.24, 2.45) is 5.73 Å². The van der Waals surface area contributed by atoms with Crippen LogP contribution in [0.2, 0.25) is 0 Å². The van der Waals surface area contributed by atoms with Gasteiger partial charge in [0.1, 0.15) is 0 Å². The van der Waals surface area contributed by atoms with E-state index in [-0.39, 0.29) is 6.04 Å². The Kier molecular flexibility index (Phi) is 5.93. The first kappa shape index (κ1) is 13.6. The van der Waals surface area contributed by atoms with E-state index < -0.39 is 0 Å². The van der Waals surface area contributed by atoms with E-state index in [9.17, 15) is 0 Å². The number of hydrogen-bond donors (Lipinski definition) is 1. The molecule has 90 valence electrons. The van der Waals surface area contributed by atoms with E-state index in [2.05, 4.69) is 45.0 Å². The summed E-state index contributed by atoms with van der Waals surface area (Å²) < 4.78 is 0. The SMILES string of the molecule is CCCCSC(C)C(N)c1ccc(C)cc1. The topological polar surface area (TPSA) is 26.0 Å². The minimum atomic E-state index is 0.155. The van der Waals surface area contributed by atoms with Crippen LogP contribution in [-0.2, 0) is 0 Å². The molecule has 0 bridgehead atoms. The van der Waals surface area contributed by atoms with E-state index in [1.165, 1.54) is 29.7 Å². The van der Waals surface area contributed by atoms with Crippen LogP contribution in [0.5, 0.6) is 0 Å². The Bertz CT molecular complexity index is 294. The summed E-state index contributed by atoms with van der Waals surface area (Å²) in [5.74, 6) is 1.22. The maximum atomic E-state index is 6.25. The predicted octanol–water partition coefficient (Wildman–Crippen LogP) is 3.92. The Hall–Kier alpha value is -0.470. The lowest BCUT2D eigenvalue weighted by atomic mass is 10.0. The maximum absolute atomic E-state index is 6.25. The first-order chi connectivity index (χ1) is 7.65. The number of aryl methyl sites for hydroxylation is 1. The molecule has 2 N–H and O–H groups in total. The van der Waals surface area contributed by atoms with Crippen LogP contribution in [0.1, 0.15) is 43.9 Å². The van der Waals surface area contributed by atoms with Gasteiger partial charge in [0.15, 0.2) is 0 Å². The van der Waals surface area contributed by atoms with Gasteiger partial charge in [-0.1, -0.05) is 50.1 Å². The highest BCUT2D eigenvalue weighted by Gasteiger charge is 2.14. The molecule has 0 radical (unpaired) electrons. The first-order valence-electron chi connectivity index (χ1n) is 6.09. The Morgan fingerprint density at radius 1 is 1.25 bits per heavy atom. The third-order valence-electron chi connectivity index (χ3n) is 2.85. The molecule has 1 nitrogen and oxygen atoms in total. The lowest BCUT2D eigenvalue weighted by Crippen LogP contribution is -2.21. The monoisotopic (exact) mass is 237 g/mol. The fraction of sp³-hybridized carbons (Fsp3) is 0.571. The van der Waals surface area contributed by atoms with E-state index in [4.69, 9.17) is 5.73 Å². The Morgan fingerprint density at radius 2 is 1.88 bits per heavy atom. The molecular weight excluding hydrogens is 214 g/mol. The summed E-state index contributed by atoms with van der Waals surface area (Å²) in [6.07, 6.45) is 2.55. The molecule has 0 saturated heterocycles. The van der Waals surface area contributed by atoms with Crippen LogP contribution in [-0.4, -0.2) is 11.0 Å². The third-order valence-corrected chi connectivity index (χ3v) is 4.19. The zero-order valence-electron chi connectivity index (χ0n) is 10.6. The quantitative estimate of drug-likeness (QED) is 0.759. The highest BCUT2D eigenvalue weighted by Crippen LogP contribution is 2.25. The second-order valence-electron chi connectivity index (χ2n) is 4.37. The van der Waals surface area contributed by atoms with Crippen LogP contribution in [0.4, 0.5) is 0 Å². The normalized spacial score (nSPS) is 14.8. The van der Waals surface area contributed by atoms with Gasteiger partial charge in [-0.2, -0.15) is 11.8 Å². The van der Waals surface area contributed by atoms with Crippen molar-refractivity contribution in [1.29, 1.82) is 0 Å². The third kappa shape index (κ3) is 4.18. The fourth-order valence-electron chi connectivity index (χ4n) is 1.58. The van der Waals surface area contributed by atoms with Crippen molar-refractivity contribution in [2.45, 2.75) is 44.9 Å². The fourth-order valence-corrected chi connectivity index (χ4v) is 2.77. The van der Waals surface area contributed by atoms with Crippen LogP contribution in [0.25, 0.3) is 0 Å². The molecule has 1 rings (SSSR count). The molecule has 1 aromatic rings. The van der Waals surface area contributed by atoms with Crippen molar-refractivity contribution < 1.29 is 0 Å². The minimum absolute atomic E-state index is 0.155. The molecule has 0 aliphatic heterocycles. The standard InChI is InChI=1S/C14H23NS/c1-4-5-10-16-12(3)14(15)13-8-6-11(2)7-9-13/h6-9,12,14H,4-5,10,15H2,1-3H3. The Labute approximate surface area is 104 Å². The molecule has 0 fully saturated rings. The lowest BCUT2D eigenvalue weighted by Gasteiger charge is -2.20. The van der Waals surface area contributed by atoms with Gasteiger partial charge in [-0.15, -0.1) is 0 Å². The van der Waals surface area contributed by atoms with Gasteiger partial charge in [0.2, 0.25) is 0 Å². The second kappa shape index (κ2) is 6.97. The highest BCUT2D eigenvalue weighted by molar-refractivity contribution is 7.99. The molecule has 2 atom stereocenters. The molecule has 0 aliphatic rings. The molecule has 0 saturated carbocycles. The molecular formula is C14H23NS. The summed E-state index contributed by atoms with van der Waals surface area (Å²) in [5, 5.41) is 0.495. The number of thioether (sulfide) groups is 1. The van der Waals surface area contributed by atoms with Gasteiger partial charge < -0.3 is 5.73 Å². The van der Waals surface area contributed by atoms with Gasteiger partial charge in [0.05, 0.1) is 0 Å². The predicted molar refractivity (Wildman–Crippen MR) is 74.9 cm³/mol. The van der Waals surface area contributed by atoms with Gasteiger partial charge in [-0.3, -0.25) is 0 Å². The number of nitrogens with two attached hydrogens (primary N) is 1. The molecule has 16 heavy (non-hydrogen) atoms. The molecule has 0 amide bonds. The van der Waals surface area contributed by atoms with E-state index >= 15 is 0 Å². The molecule has 2 heteroatoms. The number of unbranched alkanes of at least 4 members (excludes halogenated alkanes) is 1. The van der Waals surface area contributed by atoms with Gasteiger partial charge in [0, 0.05) is 11.3 Å². The Balaban J connectivity index is 2.49. The van der Waals surface area contributed by atoms with Gasteiger partial charge in [0.25, 0.3) is 0 Å². The molecule has 2 unspecified atom stereocenters. The van der Waals surface area contributed by atoms with Crippen LogP contribution >= 0.6 is 11.8 Å². The first-order valence-corrected chi connectivity index (χ1v) is 7.13. The lowest BCUT2D eigenvalue weighted by molar-refractivity contribution is 0.713. The van der Waals surface area contributed by atoms with Crippen molar-refractivity contribution in [3.8, 4) is 0 Å². The summed E-state index contributed by atoms with van der Waals surface area (Å²) >= 11 is 1.98. The van der Waals surface area contributed by atoms with Crippen molar-refractivity contribution in [2.75, 3.05) is 5.75 Å². The number of rotatable bonds is 6. The molecule has 0 spiro atoms. The zero-order chi connectivity index (χ0) is 12.0. The van der Waals surface area contributed by atoms with E-state index in [0.717, 1.165) is 0 Å². The van der Waals surface area contributed by atoms with Crippen molar-refractivity contribution in [1.82, 2.24) is 0 Å². The van der Waals surface area contributed by atoms with Crippen LogP contribution in [0.3, 0.4) is 0 Å². The highest BCUT2D eigenvalue weighted by atomic mass is 32.2. The summed E-state index contributed by atoms with van der Waals surface area (Å²) in [7, 11) is 0. The second-order valence-corrected chi connectivity index (χ2v) is 5.85. The van der Waals surface area contributed by atoms with Crippen molar-refractivity contribution in [3.63, 3.8) is 0 Å².